The number of carbonyl (C=O) groups is 1. The molecule has 0 aromatic heterocycles. The molecule has 0 aliphatic carbocycles. The summed E-state index contributed by atoms with van der Waals surface area (Å²) >= 11 is 0. The first-order valence-electron chi connectivity index (χ1n) is 6.93. The van der Waals surface area contributed by atoms with E-state index in [1.807, 2.05) is 42.5 Å². The molecule has 3 N–H and O–H groups in total. The lowest BCUT2D eigenvalue weighted by Crippen LogP contribution is -2.23. The molecule has 2 rings (SSSR count). The van der Waals surface area contributed by atoms with Crippen molar-refractivity contribution in [3.63, 3.8) is 0 Å². The molecular formula is C17H20N2O2. The van der Waals surface area contributed by atoms with E-state index in [9.17, 15) is 4.79 Å². The molecule has 0 radical (unpaired) electrons. The first-order valence-corrected chi connectivity index (χ1v) is 6.93. The van der Waals surface area contributed by atoms with Crippen molar-refractivity contribution in [1.82, 2.24) is 5.32 Å². The summed E-state index contributed by atoms with van der Waals surface area (Å²) in [5.74, 6) is 0.675. The molecule has 110 valence electrons. The van der Waals surface area contributed by atoms with Crippen LogP contribution >= 0.6 is 0 Å². The van der Waals surface area contributed by atoms with Crippen LogP contribution in [0.4, 0.5) is 0 Å². The number of ether oxygens (including phenoxy) is 1. The second kappa shape index (κ2) is 7.45. The zero-order valence-corrected chi connectivity index (χ0v) is 12.1. The zero-order valence-electron chi connectivity index (χ0n) is 12.1. The quantitative estimate of drug-likeness (QED) is 0.854. The fraction of sp³-hybridized carbons (Fsp3) is 0.235. The van der Waals surface area contributed by atoms with Gasteiger partial charge in [0.05, 0.1) is 7.11 Å². The lowest BCUT2D eigenvalue weighted by Gasteiger charge is -2.10. The van der Waals surface area contributed by atoms with Gasteiger partial charge in [0, 0.05) is 17.7 Å². The third kappa shape index (κ3) is 4.07. The molecule has 0 unspecified atom stereocenters. The molecule has 0 aliphatic rings. The fourth-order valence-corrected chi connectivity index (χ4v) is 2.16. The van der Waals surface area contributed by atoms with Crippen LogP contribution in [0.15, 0.2) is 48.5 Å². The van der Waals surface area contributed by atoms with Gasteiger partial charge in [-0.25, -0.2) is 0 Å². The predicted molar refractivity (Wildman–Crippen MR) is 83.4 cm³/mol. The number of rotatable bonds is 6. The van der Waals surface area contributed by atoms with Crippen LogP contribution in [0.3, 0.4) is 0 Å². The van der Waals surface area contributed by atoms with Gasteiger partial charge in [0.25, 0.3) is 5.91 Å². The van der Waals surface area contributed by atoms with E-state index in [-0.39, 0.29) is 5.91 Å². The number of methoxy groups -OCH3 is 1. The number of nitrogens with one attached hydrogen (secondary N) is 1. The largest absolute Gasteiger partial charge is 0.496 e. The van der Waals surface area contributed by atoms with E-state index in [4.69, 9.17) is 10.5 Å². The number of nitrogens with two attached hydrogens (primary N) is 1. The van der Waals surface area contributed by atoms with Gasteiger partial charge in [-0.1, -0.05) is 30.3 Å². The van der Waals surface area contributed by atoms with Crippen molar-refractivity contribution in [2.24, 2.45) is 5.73 Å². The highest BCUT2D eigenvalue weighted by Gasteiger charge is 2.08. The predicted octanol–water partition coefficient (Wildman–Crippen LogP) is 2.13. The third-order valence-corrected chi connectivity index (χ3v) is 3.25. The highest BCUT2D eigenvalue weighted by molar-refractivity contribution is 5.94. The van der Waals surface area contributed by atoms with Gasteiger partial charge in [-0.2, -0.15) is 0 Å². The average molecular weight is 284 g/mol. The Balaban J connectivity index is 2.03. The summed E-state index contributed by atoms with van der Waals surface area (Å²) < 4.78 is 5.27. The van der Waals surface area contributed by atoms with Crippen LogP contribution in [0.1, 0.15) is 21.5 Å². The Kier molecular flexibility index (Phi) is 5.35. The summed E-state index contributed by atoms with van der Waals surface area (Å²) in [6, 6.07) is 15.2. The van der Waals surface area contributed by atoms with Gasteiger partial charge < -0.3 is 15.8 Å². The maximum Gasteiger partial charge on any atom is 0.251 e. The molecule has 0 bridgehead atoms. The van der Waals surface area contributed by atoms with E-state index in [1.165, 1.54) is 0 Å². The van der Waals surface area contributed by atoms with Crippen LogP contribution in [0.25, 0.3) is 0 Å². The highest BCUT2D eigenvalue weighted by atomic mass is 16.5. The molecule has 0 fully saturated rings. The van der Waals surface area contributed by atoms with E-state index >= 15 is 0 Å². The van der Waals surface area contributed by atoms with Crippen LogP contribution in [0.2, 0.25) is 0 Å². The van der Waals surface area contributed by atoms with E-state index < -0.39 is 0 Å². The minimum absolute atomic E-state index is 0.0974. The van der Waals surface area contributed by atoms with Crippen molar-refractivity contribution >= 4 is 5.91 Å². The number of para-hydroxylation sites is 1. The van der Waals surface area contributed by atoms with E-state index in [1.54, 1.807) is 13.2 Å². The smallest absolute Gasteiger partial charge is 0.251 e. The van der Waals surface area contributed by atoms with Crippen molar-refractivity contribution in [1.29, 1.82) is 0 Å². The van der Waals surface area contributed by atoms with Crippen molar-refractivity contribution < 1.29 is 9.53 Å². The van der Waals surface area contributed by atoms with E-state index in [2.05, 4.69) is 5.32 Å². The first-order chi connectivity index (χ1) is 10.2. The number of hydrogen-bond donors (Lipinski definition) is 2. The Morgan fingerprint density at radius 1 is 1.19 bits per heavy atom. The standard InChI is InChI=1S/C17H20N2O2/c1-21-16-8-3-2-6-15(16)12-19-17(20)14-7-4-5-13(11-14)9-10-18/h2-8,11H,9-10,12,18H2,1H3,(H,19,20). The number of carbonyl (C=O) groups excluding carboxylic acids is 1. The summed E-state index contributed by atoms with van der Waals surface area (Å²) in [5.41, 5.74) is 8.21. The van der Waals surface area contributed by atoms with E-state index in [0.29, 0.717) is 18.7 Å². The maximum absolute atomic E-state index is 12.2. The van der Waals surface area contributed by atoms with Crippen molar-refractivity contribution in [3.05, 3.63) is 65.2 Å². The van der Waals surface area contributed by atoms with Crippen LogP contribution in [-0.2, 0) is 13.0 Å². The molecule has 1 amide bonds. The molecule has 4 nitrogen and oxygen atoms in total. The summed E-state index contributed by atoms with van der Waals surface area (Å²) in [5, 5.41) is 2.91. The summed E-state index contributed by atoms with van der Waals surface area (Å²) in [6.07, 6.45) is 0.771. The minimum atomic E-state index is -0.0974. The molecule has 0 atom stereocenters. The number of amides is 1. The SMILES string of the molecule is COc1ccccc1CNC(=O)c1cccc(CCN)c1. The van der Waals surface area contributed by atoms with Gasteiger partial charge in [0.15, 0.2) is 0 Å². The Hall–Kier alpha value is -2.33. The van der Waals surface area contributed by atoms with Gasteiger partial charge >= 0.3 is 0 Å². The topological polar surface area (TPSA) is 64.3 Å². The zero-order chi connectivity index (χ0) is 15.1. The Morgan fingerprint density at radius 2 is 2.00 bits per heavy atom. The summed E-state index contributed by atoms with van der Waals surface area (Å²) in [7, 11) is 1.62. The lowest BCUT2D eigenvalue weighted by molar-refractivity contribution is 0.0950. The van der Waals surface area contributed by atoms with Crippen molar-refractivity contribution in [2.75, 3.05) is 13.7 Å². The van der Waals surface area contributed by atoms with E-state index in [0.717, 1.165) is 23.3 Å². The van der Waals surface area contributed by atoms with Crippen LogP contribution in [0.5, 0.6) is 5.75 Å². The molecule has 0 aliphatic heterocycles. The Bertz CT molecular complexity index is 611. The Morgan fingerprint density at radius 3 is 2.76 bits per heavy atom. The molecule has 0 saturated carbocycles. The van der Waals surface area contributed by atoms with Crippen LogP contribution in [-0.4, -0.2) is 19.6 Å². The molecule has 2 aromatic rings. The monoisotopic (exact) mass is 284 g/mol. The molecule has 21 heavy (non-hydrogen) atoms. The molecule has 0 heterocycles. The normalized spacial score (nSPS) is 10.2. The third-order valence-electron chi connectivity index (χ3n) is 3.25. The Labute approximate surface area is 124 Å². The number of benzene rings is 2. The van der Waals surface area contributed by atoms with Crippen molar-refractivity contribution in [3.8, 4) is 5.75 Å². The van der Waals surface area contributed by atoms with Gasteiger partial charge in [0.1, 0.15) is 5.75 Å². The van der Waals surface area contributed by atoms with Gasteiger partial charge in [-0.05, 0) is 36.7 Å². The highest BCUT2D eigenvalue weighted by Crippen LogP contribution is 2.17. The molecule has 0 spiro atoms. The molecule has 0 saturated heterocycles. The summed E-state index contributed by atoms with van der Waals surface area (Å²) in [4.78, 5) is 12.2. The van der Waals surface area contributed by atoms with Crippen molar-refractivity contribution in [2.45, 2.75) is 13.0 Å². The van der Waals surface area contributed by atoms with Gasteiger partial charge in [-0.3, -0.25) is 4.79 Å². The maximum atomic E-state index is 12.2. The second-order valence-corrected chi connectivity index (χ2v) is 4.73. The fourth-order valence-electron chi connectivity index (χ4n) is 2.16. The molecular weight excluding hydrogens is 264 g/mol. The summed E-state index contributed by atoms with van der Waals surface area (Å²) in [6.45, 7) is 1.01. The second-order valence-electron chi connectivity index (χ2n) is 4.73. The molecule has 2 aromatic carbocycles. The first kappa shape index (κ1) is 15.1. The van der Waals surface area contributed by atoms with Crippen LogP contribution < -0.4 is 15.8 Å². The lowest BCUT2D eigenvalue weighted by atomic mass is 10.1. The average Bonchev–Trinajstić information content (AvgIpc) is 2.53. The minimum Gasteiger partial charge on any atom is -0.496 e. The van der Waals surface area contributed by atoms with Gasteiger partial charge in [0.2, 0.25) is 0 Å². The van der Waals surface area contributed by atoms with Crippen LogP contribution in [0, 0.1) is 0 Å². The molecule has 4 heteroatoms. The van der Waals surface area contributed by atoms with Gasteiger partial charge in [-0.15, -0.1) is 0 Å². The number of hydrogen-bond acceptors (Lipinski definition) is 3.